The Labute approximate surface area is 157 Å². The van der Waals surface area contributed by atoms with Crippen molar-refractivity contribution in [2.45, 2.75) is 32.7 Å². The molecular weight excluding hydrogens is 330 g/mol. The summed E-state index contributed by atoms with van der Waals surface area (Å²) in [6.07, 6.45) is 6.92. The highest BCUT2D eigenvalue weighted by atomic mass is 16.5. The zero-order valence-electron chi connectivity index (χ0n) is 16.4. The number of methoxy groups -OCH3 is 2. The van der Waals surface area contributed by atoms with Crippen LogP contribution in [0, 0.1) is 0 Å². The van der Waals surface area contributed by atoms with Crippen molar-refractivity contribution in [1.29, 1.82) is 0 Å². The van der Waals surface area contributed by atoms with Crippen LogP contribution in [0.4, 0.5) is 0 Å². The van der Waals surface area contributed by atoms with Crippen molar-refractivity contribution in [3.8, 4) is 11.5 Å². The van der Waals surface area contributed by atoms with Gasteiger partial charge >= 0.3 is 0 Å². The molecule has 0 saturated heterocycles. The normalized spacial score (nSPS) is 11.0. The third kappa shape index (κ3) is 6.56. The molecule has 5 nitrogen and oxygen atoms in total. The highest BCUT2D eigenvalue weighted by Crippen LogP contribution is 2.28. The molecule has 0 aliphatic carbocycles. The van der Waals surface area contributed by atoms with E-state index in [2.05, 4.69) is 20.4 Å². The van der Waals surface area contributed by atoms with Crippen molar-refractivity contribution in [2.75, 3.05) is 34.0 Å². The highest BCUT2D eigenvalue weighted by molar-refractivity contribution is 5.92. The zero-order chi connectivity index (χ0) is 19.4. The lowest BCUT2D eigenvalue weighted by molar-refractivity contribution is -0.129. The standard InChI is InChI=1S/C21H31NO4/c1-6-14-26-19-11-9-17(16-20(19)25-5)10-12-21(23)22(13-15-24-4)18(7-2)8-3/h6,9-12,16,18H,1,7-8,13-15H2,2-5H3/b12-10+. The van der Waals surface area contributed by atoms with Gasteiger partial charge in [-0.05, 0) is 36.6 Å². The van der Waals surface area contributed by atoms with Crippen LogP contribution in [0.25, 0.3) is 6.08 Å². The second-order valence-electron chi connectivity index (χ2n) is 5.84. The molecule has 0 aromatic heterocycles. The SMILES string of the molecule is C=CCOc1ccc(/C=C/C(=O)N(CCOC)C(CC)CC)cc1OC. The molecule has 1 amide bonds. The van der Waals surface area contributed by atoms with Gasteiger partial charge < -0.3 is 19.1 Å². The number of nitrogens with zero attached hydrogens (tertiary/aromatic N) is 1. The zero-order valence-corrected chi connectivity index (χ0v) is 16.4. The fraction of sp³-hybridized carbons (Fsp3) is 0.476. The van der Waals surface area contributed by atoms with Gasteiger partial charge in [0.25, 0.3) is 0 Å². The molecule has 0 unspecified atom stereocenters. The van der Waals surface area contributed by atoms with E-state index in [1.807, 2.05) is 23.1 Å². The topological polar surface area (TPSA) is 48.0 Å². The van der Waals surface area contributed by atoms with Crippen molar-refractivity contribution < 1.29 is 19.0 Å². The molecule has 0 radical (unpaired) electrons. The first kappa shape index (κ1) is 21.8. The van der Waals surface area contributed by atoms with E-state index >= 15 is 0 Å². The molecule has 0 heterocycles. The third-order valence-corrected chi connectivity index (χ3v) is 4.17. The molecule has 0 spiro atoms. The molecule has 1 rings (SSSR count). The molecule has 1 aromatic carbocycles. The van der Waals surface area contributed by atoms with E-state index < -0.39 is 0 Å². The van der Waals surface area contributed by atoms with Crippen LogP contribution in [0.3, 0.4) is 0 Å². The first-order valence-electron chi connectivity index (χ1n) is 9.00. The highest BCUT2D eigenvalue weighted by Gasteiger charge is 2.18. The lowest BCUT2D eigenvalue weighted by atomic mass is 10.1. The van der Waals surface area contributed by atoms with Crippen LogP contribution in [0.5, 0.6) is 11.5 Å². The summed E-state index contributed by atoms with van der Waals surface area (Å²) in [4.78, 5) is 14.5. The summed E-state index contributed by atoms with van der Waals surface area (Å²) in [6, 6.07) is 5.78. The lowest BCUT2D eigenvalue weighted by Crippen LogP contribution is -2.40. The van der Waals surface area contributed by atoms with Crippen molar-refractivity contribution in [1.82, 2.24) is 4.90 Å². The molecule has 0 saturated carbocycles. The maximum Gasteiger partial charge on any atom is 0.246 e. The minimum Gasteiger partial charge on any atom is -0.493 e. The molecule has 0 atom stereocenters. The first-order chi connectivity index (χ1) is 12.6. The Morgan fingerprint density at radius 3 is 2.54 bits per heavy atom. The summed E-state index contributed by atoms with van der Waals surface area (Å²) in [6.45, 7) is 9.35. The smallest absolute Gasteiger partial charge is 0.246 e. The van der Waals surface area contributed by atoms with Crippen LogP contribution in [0.15, 0.2) is 36.9 Å². The number of hydrogen-bond acceptors (Lipinski definition) is 4. The predicted molar refractivity (Wildman–Crippen MR) is 106 cm³/mol. The Morgan fingerprint density at radius 1 is 1.23 bits per heavy atom. The van der Waals surface area contributed by atoms with Gasteiger partial charge in [0, 0.05) is 25.8 Å². The molecule has 26 heavy (non-hydrogen) atoms. The van der Waals surface area contributed by atoms with Gasteiger partial charge in [-0.25, -0.2) is 0 Å². The molecule has 0 aliphatic heterocycles. The van der Waals surface area contributed by atoms with Gasteiger partial charge in [0.2, 0.25) is 5.91 Å². The summed E-state index contributed by atoms with van der Waals surface area (Å²) < 4.78 is 16.0. The van der Waals surface area contributed by atoms with Crippen molar-refractivity contribution in [3.63, 3.8) is 0 Å². The van der Waals surface area contributed by atoms with E-state index in [1.54, 1.807) is 32.4 Å². The van der Waals surface area contributed by atoms with Crippen LogP contribution in [0.2, 0.25) is 0 Å². The van der Waals surface area contributed by atoms with E-state index in [9.17, 15) is 4.79 Å². The van der Waals surface area contributed by atoms with Gasteiger partial charge in [0.1, 0.15) is 6.61 Å². The average Bonchev–Trinajstić information content (AvgIpc) is 2.67. The minimum absolute atomic E-state index is 0.0123. The second-order valence-corrected chi connectivity index (χ2v) is 5.84. The van der Waals surface area contributed by atoms with Crippen LogP contribution in [0.1, 0.15) is 32.3 Å². The Balaban J connectivity index is 2.91. The van der Waals surface area contributed by atoms with Crippen LogP contribution in [-0.4, -0.2) is 50.8 Å². The van der Waals surface area contributed by atoms with Gasteiger partial charge in [-0.3, -0.25) is 4.79 Å². The number of rotatable bonds is 12. The molecule has 1 aromatic rings. The summed E-state index contributed by atoms with van der Waals surface area (Å²) in [5.41, 5.74) is 0.873. The van der Waals surface area contributed by atoms with E-state index in [4.69, 9.17) is 14.2 Å². The maximum atomic E-state index is 12.7. The van der Waals surface area contributed by atoms with E-state index in [1.165, 1.54) is 0 Å². The number of benzene rings is 1. The van der Waals surface area contributed by atoms with Crippen LogP contribution in [-0.2, 0) is 9.53 Å². The lowest BCUT2D eigenvalue weighted by Gasteiger charge is -2.29. The number of hydrogen-bond donors (Lipinski definition) is 0. The summed E-state index contributed by atoms with van der Waals surface area (Å²) in [5, 5.41) is 0. The van der Waals surface area contributed by atoms with Crippen molar-refractivity contribution in [3.05, 3.63) is 42.5 Å². The Bertz CT molecular complexity index is 594. The molecule has 144 valence electrons. The molecule has 5 heteroatoms. The van der Waals surface area contributed by atoms with Crippen molar-refractivity contribution in [2.24, 2.45) is 0 Å². The van der Waals surface area contributed by atoms with Gasteiger partial charge in [0.05, 0.1) is 13.7 Å². The van der Waals surface area contributed by atoms with E-state index in [0.717, 1.165) is 18.4 Å². The minimum atomic E-state index is -0.0123. The fourth-order valence-corrected chi connectivity index (χ4v) is 2.71. The molecule has 0 N–H and O–H groups in total. The summed E-state index contributed by atoms with van der Waals surface area (Å²) in [7, 11) is 3.24. The number of carbonyl (C=O) groups is 1. The number of amides is 1. The molecular formula is C21H31NO4. The quantitative estimate of drug-likeness (QED) is 0.418. The number of carbonyl (C=O) groups excluding carboxylic acids is 1. The fourth-order valence-electron chi connectivity index (χ4n) is 2.71. The molecule has 0 fully saturated rings. The number of ether oxygens (including phenoxy) is 3. The van der Waals surface area contributed by atoms with Gasteiger partial charge in [-0.15, -0.1) is 0 Å². The van der Waals surface area contributed by atoms with Gasteiger partial charge in [-0.1, -0.05) is 32.6 Å². The molecule has 0 aliphatic rings. The molecule has 0 bridgehead atoms. The van der Waals surface area contributed by atoms with Crippen LogP contribution < -0.4 is 9.47 Å². The van der Waals surface area contributed by atoms with Crippen molar-refractivity contribution >= 4 is 12.0 Å². The van der Waals surface area contributed by atoms with Gasteiger partial charge in [-0.2, -0.15) is 0 Å². The van der Waals surface area contributed by atoms with E-state index in [0.29, 0.717) is 31.3 Å². The second kappa shape index (κ2) is 12.1. The Morgan fingerprint density at radius 2 is 1.96 bits per heavy atom. The van der Waals surface area contributed by atoms with Gasteiger partial charge in [0.15, 0.2) is 11.5 Å². The Kier molecular flexibility index (Phi) is 10.2. The summed E-state index contributed by atoms with van der Waals surface area (Å²) in [5.74, 6) is 1.26. The van der Waals surface area contributed by atoms with Crippen LogP contribution >= 0.6 is 0 Å². The summed E-state index contributed by atoms with van der Waals surface area (Å²) >= 11 is 0. The monoisotopic (exact) mass is 361 g/mol. The maximum absolute atomic E-state index is 12.7. The van der Waals surface area contributed by atoms with E-state index in [-0.39, 0.29) is 11.9 Å². The predicted octanol–water partition coefficient (Wildman–Crippen LogP) is 3.94. The largest absolute Gasteiger partial charge is 0.493 e. The first-order valence-corrected chi connectivity index (χ1v) is 9.00. The third-order valence-electron chi connectivity index (χ3n) is 4.17. The Hall–Kier alpha value is -2.27. The average molecular weight is 361 g/mol.